The number of aliphatic hydroxyl groups is 1. The molecule has 0 aliphatic carbocycles. The van der Waals surface area contributed by atoms with Crippen molar-refractivity contribution in [2.45, 2.75) is 51.6 Å². The molecular weight excluding hydrogens is 426 g/mol. The number of nitrogens with zero attached hydrogens (tertiary/aromatic N) is 6. The molecule has 1 unspecified atom stereocenters. The highest BCUT2D eigenvalue weighted by molar-refractivity contribution is 5.59. The average Bonchev–Trinajstić information content (AvgIpc) is 3.32. The van der Waals surface area contributed by atoms with E-state index in [0.717, 1.165) is 60.3 Å². The maximum Gasteiger partial charge on any atom is 0.230 e. The molecule has 1 atom stereocenters. The highest BCUT2D eigenvalue weighted by Crippen LogP contribution is 2.26. The first kappa shape index (κ1) is 22.3. The fourth-order valence-corrected chi connectivity index (χ4v) is 4.63. The second-order valence-electron chi connectivity index (χ2n) is 8.73. The van der Waals surface area contributed by atoms with Crippen LogP contribution in [-0.2, 0) is 13.0 Å². The molecule has 0 amide bonds. The van der Waals surface area contributed by atoms with E-state index in [4.69, 9.17) is 9.97 Å². The van der Waals surface area contributed by atoms with Crippen LogP contribution in [0.15, 0.2) is 54.9 Å². The lowest BCUT2D eigenvalue weighted by Gasteiger charge is -2.35. The lowest BCUT2D eigenvalue weighted by molar-refractivity contribution is 0.261. The maximum atomic E-state index is 9.56. The molecule has 1 fully saturated rings. The second kappa shape index (κ2) is 10.2. The molecule has 4 heterocycles. The molecule has 3 aromatic heterocycles. The molecule has 2 N–H and O–H groups in total. The summed E-state index contributed by atoms with van der Waals surface area (Å²) in [6.07, 6.45) is 8.62. The number of hydrogen-bond acceptors (Lipinski definition) is 7. The van der Waals surface area contributed by atoms with E-state index in [2.05, 4.69) is 51.5 Å². The minimum absolute atomic E-state index is 0.176. The van der Waals surface area contributed by atoms with Gasteiger partial charge in [-0.25, -0.2) is 0 Å². The quantitative estimate of drug-likeness (QED) is 0.412. The van der Waals surface area contributed by atoms with Gasteiger partial charge in [0.2, 0.25) is 11.9 Å². The Labute approximate surface area is 199 Å². The van der Waals surface area contributed by atoms with Gasteiger partial charge in [-0.1, -0.05) is 37.3 Å². The van der Waals surface area contributed by atoms with E-state index in [9.17, 15) is 5.11 Å². The number of aliphatic hydroxyl groups excluding tert-OH is 1. The molecule has 5 rings (SSSR count). The number of anilines is 2. The van der Waals surface area contributed by atoms with Crippen molar-refractivity contribution in [3.05, 3.63) is 66.0 Å². The average molecular weight is 458 g/mol. The number of rotatable bonds is 8. The Morgan fingerprint density at radius 3 is 2.74 bits per heavy atom. The zero-order chi connectivity index (χ0) is 23.3. The van der Waals surface area contributed by atoms with Crippen molar-refractivity contribution in [1.29, 1.82) is 0 Å². The van der Waals surface area contributed by atoms with Crippen molar-refractivity contribution in [1.82, 2.24) is 24.6 Å². The van der Waals surface area contributed by atoms with E-state index in [0.29, 0.717) is 18.4 Å². The van der Waals surface area contributed by atoms with Gasteiger partial charge in [0.25, 0.3) is 0 Å². The first-order chi connectivity index (χ1) is 16.8. The van der Waals surface area contributed by atoms with Crippen LogP contribution >= 0.6 is 0 Å². The summed E-state index contributed by atoms with van der Waals surface area (Å²) >= 11 is 0. The normalized spacial score (nSPS) is 16.2. The van der Waals surface area contributed by atoms with Crippen molar-refractivity contribution in [3.63, 3.8) is 0 Å². The van der Waals surface area contributed by atoms with Crippen molar-refractivity contribution in [2.24, 2.45) is 0 Å². The van der Waals surface area contributed by atoms with Crippen LogP contribution in [0, 0.1) is 0 Å². The molecule has 4 aromatic rings. The molecule has 1 aromatic carbocycles. The standard InChI is InChI=1S/C26H31N7O/c1-2-20-18-29-33-24(20)30-26(32-15-6-4-7-22(32)13-16-34)31-25(33)28-17-19-9-11-21(12-10-19)23-8-3-5-14-27-23/h3,5,8-12,14,18,22,34H,2,4,6-7,13,15-17H2,1H3,(H,28,30,31). The van der Waals surface area contributed by atoms with Gasteiger partial charge in [0.05, 0.1) is 11.9 Å². The Morgan fingerprint density at radius 2 is 1.97 bits per heavy atom. The van der Waals surface area contributed by atoms with Crippen LogP contribution < -0.4 is 10.2 Å². The Bertz CT molecular complexity index is 1220. The predicted octanol–water partition coefficient (Wildman–Crippen LogP) is 4.10. The molecule has 8 nitrogen and oxygen atoms in total. The smallest absolute Gasteiger partial charge is 0.230 e. The topological polar surface area (TPSA) is 91.5 Å². The zero-order valence-corrected chi connectivity index (χ0v) is 19.6. The largest absolute Gasteiger partial charge is 0.396 e. The molecule has 0 bridgehead atoms. The van der Waals surface area contributed by atoms with Crippen LogP contribution in [0.25, 0.3) is 16.9 Å². The van der Waals surface area contributed by atoms with Gasteiger partial charge in [0, 0.05) is 43.1 Å². The summed E-state index contributed by atoms with van der Waals surface area (Å²) in [7, 11) is 0. The first-order valence-electron chi connectivity index (χ1n) is 12.1. The summed E-state index contributed by atoms with van der Waals surface area (Å²) in [5, 5.41) is 17.6. The monoisotopic (exact) mass is 457 g/mol. The molecule has 1 saturated heterocycles. The number of aromatic nitrogens is 5. The molecule has 1 aliphatic rings. The van der Waals surface area contributed by atoms with Crippen LogP contribution in [0.2, 0.25) is 0 Å². The van der Waals surface area contributed by atoms with E-state index in [1.807, 2.05) is 30.6 Å². The van der Waals surface area contributed by atoms with Crippen LogP contribution in [0.1, 0.15) is 43.7 Å². The molecule has 0 saturated carbocycles. The van der Waals surface area contributed by atoms with Gasteiger partial charge >= 0.3 is 0 Å². The fourth-order valence-electron chi connectivity index (χ4n) is 4.63. The van der Waals surface area contributed by atoms with Gasteiger partial charge in [-0.3, -0.25) is 4.98 Å². The van der Waals surface area contributed by atoms with Gasteiger partial charge in [-0.2, -0.15) is 19.6 Å². The summed E-state index contributed by atoms with van der Waals surface area (Å²) in [6, 6.07) is 14.6. The number of piperidine rings is 1. The van der Waals surface area contributed by atoms with Gasteiger partial charge in [-0.05, 0) is 49.8 Å². The van der Waals surface area contributed by atoms with E-state index in [1.165, 1.54) is 6.42 Å². The Kier molecular flexibility index (Phi) is 6.67. The number of aryl methyl sites for hydroxylation is 1. The van der Waals surface area contributed by atoms with Crippen molar-refractivity contribution < 1.29 is 5.11 Å². The Hall–Kier alpha value is -3.52. The van der Waals surface area contributed by atoms with Crippen LogP contribution in [0.3, 0.4) is 0 Å². The first-order valence-corrected chi connectivity index (χ1v) is 12.1. The fraction of sp³-hybridized carbons (Fsp3) is 0.385. The third kappa shape index (κ3) is 4.59. The molecule has 0 radical (unpaired) electrons. The van der Waals surface area contributed by atoms with Gasteiger partial charge < -0.3 is 15.3 Å². The Balaban J connectivity index is 1.41. The molecule has 34 heavy (non-hydrogen) atoms. The molecule has 8 heteroatoms. The van der Waals surface area contributed by atoms with E-state index >= 15 is 0 Å². The molecule has 1 aliphatic heterocycles. The number of nitrogens with one attached hydrogen (secondary N) is 1. The SMILES string of the molecule is CCc1cnn2c(NCc3ccc(-c4ccccn4)cc3)nc(N3CCCCC3CCO)nc12. The van der Waals surface area contributed by atoms with Crippen molar-refractivity contribution >= 4 is 17.5 Å². The highest BCUT2D eigenvalue weighted by atomic mass is 16.3. The zero-order valence-electron chi connectivity index (χ0n) is 19.6. The molecule has 176 valence electrons. The number of benzene rings is 1. The van der Waals surface area contributed by atoms with Crippen LogP contribution in [0.4, 0.5) is 11.9 Å². The third-order valence-corrected chi connectivity index (χ3v) is 6.52. The molecular formula is C26H31N7O. The van der Waals surface area contributed by atoms with E-state index in [1.54, 1.807) is 4.52 Å². The summed E-state index contributed by atoms with van der Waals surface area (Å²) in [5.41, 5.74) is 5.14. The van der Waals surface area contributed by atoms with Crippen LogP contribution in [-0.4, -0.2) is 48.9 Å². The summed E-state index contributed by atoms with van der Waals surface area (Å²) in [5.74, 6) is 1.40. The van der Waals surface area contributed by atoms with Crippen LogP contribution in [0.5, 0.6) is 0 Å². The van der Waals surface area contributed by atoms with Crippen molar-refractivity contribution in [2.75, 3.05) is 23.4 Å². The second-order valence-corrected chi connectivity index (χ2v) is 8.73. The third-order valence-electron chi connectivity index (χ3n) is 6.52. The minimum atomic E-state index is 0.176. The lowest BCUT2D eigenvalue weighted by Crippen LogP contribution is -2.41. The van der Waals surface area contributed by atoms with Gasteiger partial charge in [0.1, 0.15) is 0 Å². The maximum absolute atomic E-state index is 9.56. The van der Waals surface area contributed by atoms with Crippen molar-refractivity contribution in [3.8, 4) is 11.3 Å². The number of pyridine rings is 1. The molecule has 0 spiro atoms. The van der Waals surface area contributed by atoms with Gasteiger partial charge in [0.15, 0.2) is 5.65 Å². The predicted molar refractivity (Wildman–Crippen MR) is 134 cm³/mol. The summed E-state index contributed by atoms with van der Waals surface area (Å²) < 4.78 is 1.80. The lowest BCUT2D eigenvalue weighted by atomic mass is 10.0. The summed E-state index contributed by atoms with van der Waals surface area (Å²) in [6.45, 7) is 3.82. The number of fused-ring (bicyclic) bond motifs is 1. The van der Waals surface area contributed by atoms with E-state index < -0.39 is 0 Å². The Morgan fingerprint density at radius 1 is 1.09 bits per heavy atom. The minimum Gasteiger partial charge on any atom is -0.396 e. The van der Waals surface area contributed by atoms with Gasteiger partial charge in [-0.15, -0.1) is 0 Å². The van der Waals surface area contributed by atoms with E-state index in [-0.39, 0.29) is 12.6 Å². The summed E-state index contributed by atoms with van der Waals surface area (Å²) in [4.78, 5) is 16.5. The number of hydrogen-bond donors (Lipinski definition) is 2. The highest BCUT2D eigenvalue weighted by Gasteiger charge is 2.26.